The van der Waals surface area contributed by atoms with E-state index in [0.717, 1.165) is 18.4 Å². The third kappa shape index (κ3) is 4.19. The van der Waals surface area contributed by atoms with Gasteiger partial charge in [0.2, 0.25) is 0 Å². The second-order valence-electron chi connectivity index (χ2n) is 5.36. The largest absolute Gasteiger partial charge is 0.478 e. The van der Waals surface area contributed by atoms with Crippen molar-refractivity contribution in [1.82, 2.24) is 5.32 Å². The average molecular weight is 292 g/mol. The van der Waals surface area contributed by atoms with Crippen molar-refractivity contribution in [2.24, 2.45) is 0 Å². The second-order valence-corrected chi connectivity index (χ2v) is 5.36. The molecule has 0 radical (unpaired) electrons. The second kappa shape index (κ2) is 6.58. The minimum atomic E-state index is -1.06. The summed E-state index contributed by atoms with van der Waals surface area (Å²) in [5, 5.41) is 14.6. The lowest BCUT2D eigenvalue weighted by Gasteiger charge is -2.28. The van der Waals surface area contributed by atoms with Crippen LogP contribution in [-0.2, 0) is 4.74 Å². The Morgan fingerprint density at radius 3 is 2.81 bits per heavy atom. The number of urea groups is 1. The summed E-state index contributed by atoms with van der Waals surface area (Å²) in [6.45, 7) is 4.39. The van der Waals surface area contributed by atoms with Gasteiger partial charge >= 0.3 is 12.0 Å². The Morgan fingerprint density at radius 1 is 1.38 bits per heavy atom. The molecule has 0 aliphatic carbocycles. The average Bonchev–Trinajstić information content (AvgIpc) is 2.40. The van der Waals surface area contributed by atoms with E-state index in [1.54, 1.807) is 19.1 Å². The first-order chi connectivity index (χ1) is 9.95. The van der Waals surface area contributed by atoms with Gasteiger partial charge in [-0.15, -0.1) is 0 Å². The zero-order valence-electron chi connectivity index (χ0n) is 12.2. The molecule has 114 valence electrons. The van der Waals surface area contributed by atoms with E-state index in [0.29, 0.717) is 12.3 Å². The van der Waals surface area contributed by atoms with Gasteiger partial charge in [-0.05, 0) is 38.8 Å². The number of rotatable bonds is 3. The van der Waals surface area contributed by atoms with Crippen LogP contribution in [0.25, 0.3) is 0 Å². The summed E-state index contributed by atoms with van der Waals surface area (Å²) in [6, 6.07) is 4.56. The van der Waals surface area contributed by atoms with E-state index in [9.17, 15) is 14.7 Å². The van der Waals surface area contributed by atoms with Crippen LogP contribution in [0.5, 0.6) is 0 Å². The molecular formula is C15H20N2O4. The van der Waals surface area contributed by atoms with Crippen molar-refractivity contribution in [3.05, 3.63) is 29.3 Å². The fraction of sp³-hybridized carbons (Fsp3) is 0.467. The number of carbonyl (C=O) groups excluding carboxylic acids is 1. The summed E-state index contributed by atoms with van der Waals surface area (Å²) in [5.74, 6) is -1.06. The van der Waals surface area contributed by atoms with Crippen LogP contribution in [0, 0.1) is 6.92 Å². The van der Waals surface area contributed by atoms with E-state index in [-0.39, 0.29) is 23.7 Å². The first-order valence-electron chi connectivity index (χ1n) is 6.99. The maximum Gasteiger partial charge on any atom is 0.337 e. The van der Waals surface area contributed by atoms with Crippen LogP contribution in [0.15, 0.2) is 18.2 Å². The highest BCUT2D eigenvalue weighted by Gasteiger charge is 2.21. The van der Waals surface area contributed by atoms with Crippen molar-refractivity contribution >= 4 is 17.7 Å². The zero-order chi connectivity index (χ0) is 15.4. The predicted octanol–water partition coefficient (Wildman–Crippen LogP) is 2.38. The number of carbonyl (C=O) groups is 2. The van der Waals surface area contributed by atoms with E-state index in [2.05, 4.69) is 10.6 Å². The monoisotopic (exact) mass is 292 g/mol. The summed E-state index contributed by atoms with van der Waals surface area (Å²) in [5.41, 5.74) is 1.22. The van der Waals surface area contributed by atoms with Gasteiger partial charge in [0.25, 0.3) is 0 Å². The lowest BCUT2D eigenvalue weighted by molar-refractivity contribution is 0.0157. The maximum atomic E-state index is 12.0. The van der Waals surface area contributed by atoms with E-state index < -0.39 is 5.97 Å². The number of hydrogen-bond acceptors (Lipinski definition) is 3. The number of aromatic carboxylic acids is 1. The van der Waals surface area contributed by atoms with Crippen LogP contribution >= 0.6 is 0 Å². The molecule has 2 unspecified atom stereocenters. The van der Waals surface area contributed by atoms with Crippen molar-refractivity contribution in [1.29, 1.82) is 0 Å². The Bertz CT molecular complexity index is 544. The Balaban J connectivity index is 2.01. The molecular weight excluding hydrogens is 272 g/mol. The van der Waals surface area contributed by atoms with Crippen LogP contribution in [0.4, 0.5) is 10.5 Å². The standard InChI is InChI=1S/C15H20N2O4/c1-9-3-4-13(12(7-9)14(18)19)17-15(20)16-11-5-6-21-10(2)8-11/h3-4,7,10-11H,5-6,8H2,1-2H3,(H,18,19)(H2,16,17,20). The van der Waals surface area contributed by atoms with E-state index in [1.807, 2.05) is 6.92 Å². The molecule has 1 saturated heterocycles. The number of ether oxygens (including phenoxy) is 1. The molecule has 0 saturated carbocycles. The molecule has 21 heavy (non-hydrogen) atoms. The number of hydrogen-bond donors (Lipinski definition) is 3. The van der Waals surface area contributed by atoms with Gasteiger partial charge in [0.15, 0.2) is 0 Å². The van der Waals surface area contributed by atoms with Crippen molar-refractivity contribution < 1.29 is 19.4 Å². The molecule has 2 atom stereocenters. The molecule has 2 rings (SSSR count). The summed E-state index contributed by atoms with van der Waals surface area (Å²) < 4.78 is 5.42. The Labute approximate surface area is 123 Å². The first kappa shape index (κ1) is 15.3. The summed E-state index contributed by atoms with van der Waals surface area (Å²) in [6.07, 6.45) is 1.64. The molecule has 0 spiro atoms. The first-order valence-corrected chi connectivity index (χ1v) is 6.99. The number of anilines is 1. The van der Waals surface area contributed by atoms with Crippen LogP contribution in [0.1, 0.15) is 35.7 Å². The van der Waals surface area contributed by atoms with Crippen molar-refractivity contribution in [3.63, 3.8) is 0 Å². The van der Waals surface area contributed by atoms with E-state index >= 15 is 0 Å². The number of carboxylic acid groups (broad SMARTS) is 1. The molecule has 0 aromatic heterocycles. The minimum absolute atomic E-state index is 0.0486. The van der Waals surface area contributed by atoms with Gasteiger partial charge in [0, 0.05) is 12.6 Å². The summed E-state index contributed by atoms with van der Waals surface area (Å²) >= 11 is 0. The SMILES string of the molecule is Cc1ccc(NC(=O)NC2CCOC(C)C2)c(C(=O)O)c1. The molecule has 6 heteroatoms. The number of aryl methyl sites for hydroxylation is 1. The topological polar surface area (TPSA) is 87.7 Å². The normalized spacial score (nSPS) is 21.6. The van der Waals surface area contributed by atoms with Crippen LogP contribution in [0.3, 0.4) is 0 Å². The van der Waals surface area contributed by atoms with Crippen molar-refractivity contribution in [2.75, 3.05) is 11.9 Å². The maximum absolute atomic E-state index is 12.0. The third-order valence-electron chi connectivity index (χ3n) is 3.47. The summed E-state index contributed by atoms with van der Waals surface area (Å²) in [4.78, 5) is 23.2. The minimum Gasteiger partial charge on any atom is -0.478 e. The smallest absolute Gasteiger partial charge is 0.337 e. The third-order valence-corrected chi connectivity index (χ3v) is 3.47. The van der Waals surface area contributed by atoms with Gasteiger partial charge in [-0.3, -0.25) is 0 Å². The highest BCUT2D eigenvalue weighted by molar-refractivity contribution is 6.00. The quantitative estimate of drug-likeness (QED) is 0.798. The lowest BCUT2D eigenvalue weighted by Crippen LogP contribution is -2.43. The fourth-order valence-electron chi connectivity index (χ4n) is 2.42. The number of carboxylic acids is 1. The van der Waals surface area contributed by atoms with Gasteiger partial charge in [-0.25, -0.2) is 9.59 Å². The molecule has 1 heterocycles. The highest BCUT2D eigenvalue weighted by Crippen LogP contribution is 2.18. The highest BCUT2D eigenvalue weighted by atomic mass is 16.5. The van der Waals surface area contributed by atoms with Crippen LogP contribution in [-0.4, -0.2) is 35.9 Å². The Kier molecular flexibility index (Phi) is 4.80. The predicted molar refractivity (Wildman–Crippen MR) is 78.7 cm³/mol. The molecule has 6 nitrogen and oxygen atoms in total. The number of benzene rings is 1. The van der Waals surface area contributed by atoms with Gasteiger partial charge in [-0.1, -0.05) is 11.6 Å². The van der Waals surface area contributed by atoms with Crippen molar-refractivity contribution in [3.8, 4) is 0 Å². The van der Waals surface area contributed by atoms with Gasteiger partial charge < -0.3 is 20.5 Å². The molecule has 1 aromatic rings. The van der Waals surface area contributed by atoms with Crippen LogP contribution < -0.4 is 10.6 Å². The summed E-state index contributed by atoms with van der Waals surface area (Å²) in [7, 11) is 0. The van der Waals surface area contributed by atoms with E-state index in [1.165, 1.54) is 6.07 Å². The molecule has 1 aliphatic rings. The molecule has 1 fully saturated rings. The molecule has 2 amide bonds. The van der Waals surface area contributed by atoms with Gasteiger partial charge in [0.1, 0.15) is 0 Å². The molecule has 3 N–H and O–H groups in total. The molecule has 0 bridgehead atoms. The van der Waals surface area contributed by atoms with Gasteiger partial charge in [0.05, 0.1) is 17.4 Å². The van der Waals surface area contributed by atoms with Crippen LogP contribution in [0.2, 0.25) is 0 Å². The fourth-order valence-corrected chi connectivity index (χ4v) is 2.42. The Hall–Kier alpha value is -2.08. The van der Waals surface area contributed by atoms with Crippen molar-refractivity contribution in [2.45, 2.75) is 38.8 Å². The molecule has 1 aliphatic heterocycles. The number of nitrogens with one attached hydrogen (secondary N) is 2. The Morgan fingerprint density at radius 2 is 2.14 bits per heavy atom. The zero-order valence-corrected chi connectivity index (χ0v) is 12.2. The molecule has 1 aromatic carbocycles. The van der Waals surface area contributed by atoms with Gasteiger partial charge in [-0.2, -0.15) is 0 Å². The lowest BCUT2D eigenvalue weighted by atomic mass is 10.0. The number of amides is 2. The van der Waals surface area contributed by atoms with E-state index in [4.69, 9.17) is 4.74 Å².